The van der Waals surface area contributed by atoms with Gasteiger partial charge in [-0.2, -0.15) is 0 Å². The standard InChI is InChI=1S/C56H38O2/c1-55(2)41-25-11-9-19-35(41)49-43(55)27-29-45-51(49)39-23-13-21-37(53(39)57-45)47-31-15-5-7-17-33(31)48(34-18-8-6-16-32(34)47)38-22-14-24-40-52-46(58-54(38)40)30-28-44-50(52)36-20-10-12-26-42(36)56(44,3)4/h5-30H,1-4H3. The highest BCUT2D eigenvalue weighted by Gasteiger charge is 2.39. The number of rotatable bonds is 2. The van der Waals surface area contributed by atoms with Crippen LogP contribution in [0.25, 0.3) is 110 Å². The molecule has 0 fully saturated rings. The zero-order valence-electron chi connectivity index (χ0n) is 32.8. The van der Waals surface area contributed by atoms with Crippen LogP contribution in [0.3, 0.4) is 0 Å². The third-order valence-electron chi connectivity index (χ3n) is 13.9. The molecule has 2 aromatic heterocycles. The van der Waals surface area contributed by atoms with E-state index in [2.05, 4.69) is 185 Å². The van der Waals surface area contributed by atoms with Gasteiger partial charge in [0.05, 0.1) is 0 Å². The number of benzene rings is 9. The van der Waals surface area contributed by atoms with Gasteiger partial charge in [-0.15, -0.1) is 0 Å². The van der Waals surface area contributed by atoms with Gasteiger partial charge in [0.15, 0.2) is 0 Å². The zero-order chi connectivity index (χ0) is 38.7. The molecular formula is C56H38O2. The van der Waals surface area contributed by atoms with Crippen LogP contribution >= 0.6 is 0 Å². The van der Waals surface area contributed by atoms with Crippen LogP contribution in [0.4, 0.5) is 0 Å². The molecular weight excluding hydrogens is 705 g/mol. The lowest BCUT2D eigenvalue weighted by atomic mass is 9.82. The Balaban J connectivity index is 1.10. The van der Waals surface area contributed by atoms with Gasteiger partial charge in [0.2, 0.25) is 0 Å². The van der Waals surface area contributed by atoms with Gasteiger partial charge in [-0.05, 0) is 78.2 Å². The van der Waals surface area contributed by atoms with E-state index in [1.165, 1.54) is 88.0 Å². The van der Waals surface area contributed by atoms with Crippen LogP contribution in [0.5, 0.6) is 0 Å². The second kappa shape index (κ2) is 10.9. The van der Waals surface area contributed by atoms with Crippen molar-refractivity contribution in [1.82, 2.24) is 0 Å². The normalized spacial score (nSPS) is 14.8. The molecule has 2 aliphatic carbocycles. The molecule has 58 heavy (non-hydrogen) atoms. The number of hydrogen-bond acceptors (Lipinski definition) is 2. The second-order valence-corrected chi connectivity index (χ2v) is 17.5. The molecule has 0 atom stereocenters. The van der Waals surface area contributed by atoms with Crippen LogP contribution < -0.4 is 0 Å². The quantitative estimate of drug-likeness (QED) is 0.165. The molecule has 9 aromatic carbocycles. The molecule has 2 heterocycles. The Morgan fingerprint density at radius 1 is 0.293 bits per heavy atom. The molecule has 0 bridgehead atoms. The number of fused-ring (bicyclic) bond motifs is 16. The van der Waals surface area contributed by atoms with Gasteiger partial charge in [-0.3, -0.25) is 0 Å². The first-order valence-electron chi connectivity index (χ1n) is 20.4. The number of para-hydroxylation sites is 2. The summed E-state index contributed by atoms with van der Waals surface area (Å²) in [6.45, 7) is 9.37. The Kier molecular flexibility index (Phi) is 6.07. The van der Waals surface area contributed by atoms with E-state index in [0.717, 1.165) is 44.2 Å². The summed E-state index contributed by atoms with van der Waals surface area (Å²) in [5, 5.41) is 9.45. The Labute approximate surface area is 336 Å². The molecule has 11 aromatic rings. The van der Waals surface area contributed by atoms with Crippen LogP contribution in [0, 0.1) is 0 Å². The van der Waals surface area contributed by atoms with Gasteiger partial charge < -0.3 is 8.83 Å². The van der Waals surface area contributed by atoms with Crippen molar-refractivity contribution in [3.63, 3.8) is 0 Å². The van der Waals surface area contributed by atoms with E-state index in [4.69, 9.17) is 8.83 Å². The molecule has 0 unspecified atom stereocenters. The molecule has 0 saturated heterocycles. The fraction of sp³-hybridized carbons (Fsp3) is 0.107. The topological polar surface area (TPSA) is 26.3 Å². The highest BCUT2D eigenvalue weighted by Crippen LogP contribution is 2.56. The van der Waals surface area contributed by atoms with E-state index < -0.39 is 0 Å². The Hall–Kier alpha value is -6.90. The molecule has 0 amide bonds. The summed E-state index contributed by atoms with van der Waals surface area (Å²) < 4.78 is 14.0. The van der Waals surface area contributed by atoms with E-state index in [1.807, 2.05) is 0 Å². The average molecular weight is 743 g/mol. The van der Waals surface area contributed by atoms with E-state index in [0.29, 0.717) is 0 Å². The first-order valence-corrected chi connectivity index (χ1v) is 20.4. The van der Waals surface area contributed by atoms with E-state index in [1.54, 1.807) is 0 Å². The largest absolute Gasteiger partial charge is 0.455 e. The maximum atomic E-state index is 7.01. The molecule has 0 radical (unpaired) electrons. The van der Waals surface area contributed by atoms with E-state index in [-0.39, 0.29) is 10.8 Å². The lowest BCUT2D eigenvalue weighted by molar-refractivity contribution is 0.656. The number of furan rings is 2. The van der Waals surface area contributed by atoms with Gasteiger partial charge in [-0.25, -0.2) is 0 Å². The fourth-order valence-electron chi connectivity index (χ4n) is 11.3. The van der Waals surface area contributed by atoms with Crippen molar-refractivity contribution in [2.75, 3.05) is 0 Å². The molecule has 2 aliphatic rings. The third kappa shape index (κ3) is 3.88. The Bertz CT molecular complexity index is 3330. The van der Waals surface area contributed by atoms with Crippen molar-refractivity contribution in [3.05, 3.63) is 180 Å². The second-order valence-electron chi connectivity index (χ2n) is 17.5. The first-order chi connectivity index (χ1) is 28.3. The molecule has 0 spiro atoms. The minimum absolute atomic E-state index is 0.0899. The van der Waals surface area contributed by atoms with Crippen molar-refractivity contribution >= 4 is 65.4 Å². The SMILES string of the molecule is CC1(C)c2ccccc2-c2c1ccc1oc3c(-c4c5ccccc5c(-c5cccc6c5oc5ccc7c(c56)-c5ccccc5C7(C)C)c5ccccc45)cccc3c21. The monoisotopic (exact) mass is 742 g/mol. The molecule has 0 aliphatic heterocycles. The highest BCUT2D eigenvalue weighted by atomic mass is 16.3. The molecule has 13 rings (SSSR count). The van der Waals surface area contributed by atoms with Gasteiger partial charge >= 0.3 is 0 Å². The third-order valence-corrected chi connectivity index (χ3v) is 13.9. The Morgan fingerprint density at radius 2 is 0.638 bits per heavy atom. The summed E-state index contributed by atoms with van der Waals surface area (Å²) in [6, 6.07) is 57.9. The molecule has 2 heteroatoms. The van der Waals surface area contributed by atoms with Crippen LogP contribution in [0.15, 0.2) is 167 Å². The lowest BCUT2D eigenvalue weighted by Gasteiger charge is -2.21. The van der Waals surface area contributed by atoms with Crippen molar-refractivity contribution in [2.45, 2.75) is 38.5 Å². The zero-order valence-corrected chi connectivity index (χ0v) is 32.8. The Morgan fingerprint density at radius 3 is 1.05 bits per heavy atom. The van der Waals surface area contributed by atoms with Gasteiger partial charge in [0, 0.05) is 54.6 Å². The summed E-state index contributed by atoms with van der Waals surface area (Å²) in [7, 11) is 0. The summed E-state index contributed by atoms with van der Waals surface area (Å²) in [5.41, 5.74) is 18.7. The van der Waals surface area contributed by atoms with Crippen LogP contribution in [-0.4, -0.2) is 0 Å². The predicted molar refractivity (Wildman–Crippen MR) is 242 cm³/mol. The average Bonchev–Trinajstić information content (AvgIpc) is 3.96. The minimum atomic E-state index is -0.0899. The van der Waals surface area contributed by atoms with Crippen molar-refractivity contribution in [2.24, 2.45) is 0 Å². The lowest BCUT2D eigenvalue weighted by Crippen LogP contribution is -2.14. The highest BCUT2D eigenvalue weighted by molar-refractivity contribution is 6.27. The summed E-state index contributed by atoms with van der Waals surface area (Å²) >= 11 is 0. The maximum Gasteiger partial charge on any atom is 0.143 e. The summed E-state index contributed by atoms with van der Waals surface area (Å²) in [6.07, 6.45) is 0. The fourth-order valence-corrected chi connectivity index (χ4v) is 11.3. The molecule has 0 N–H and O–H groups in total. The van der Waals surface area contributed by atoms with E-state index >= 15 is 0 Å². The molecule has 274 valence electrons. The van der Waals surface area contributed by atoms with Crippen molar-refractivity contribution < 1.29 is 8.83 Å². The van der Waals surface area contributed by atoms with Gasteiger partial charge in [-0.1, -0.05) is 173 Å². The summed E-state index contributed by atoms with van der Waals surface area (Å²) in [4.78, 5) is 0. The van der Waals surface area contributed by atoms with Gasteiger partial charge in [0.1, 0.15) is 22.3 Å². The minimum Gasteiger partial charge on any atom is -0.455 e. The first kappa shape index (κ1) is 32.2. The molecule has 0 saturated carbocycles. The summed E-state index contributed by atoms with van der Waals surface area (Å²) in [5.74, 6) is 0. The van der Waals surface area contributed by atoms with Crippen LogP contribution in [0.1, 0.15) is 49.9 Å². The van der Waals surface area contributed by atoms with Crippen molar-refractivity contribution in [1.29, 1.82) is 0 Å². The number of hydrogen-bond donors (Lipinski definition) is 0. The van der Waals surface area contributed by atoms with Gasteiger partial charge in [0.25, 0.3) is 0 Å². The maximum absolute atomic E-state index is 7.01. The molecule has 2 nitrogen and oxygen atoms in total. The predicted octanol–water partition coefficient (Wildman–Crippen LogP) is 15.7. The van der Waals surface area contributed by atoms with E-state index in [9.17, 15) is 0 Å². The van der Waals surface area contributed by atoms with Crippen molar-refractivity contribution in [3.8, 4) is 44.5 Å². The van der Waals surface area contributed by atoms with Crippen LogP contribution in [-0.2, 0) is 10.8 Å². The van der Waals surface area contributed by atoms with Crippen LogP contribution in [0.2, 0.25) is 0 Å². The smallest absolute Gasteiger partial charge is 0.143 e.